The normalized spacial score (nSPS) is 8.92. The van der Waals surface area contributed by atoms with Crippen molar-refractivity contribution in [2.75, 3.05) is 18.5 Å². The second kappa shape index (κ2) is 28.4. The third kappa shape index (κ3) is 26.0. The molecule has 0 aliphatic rings. The van der Waals surface area contributed by atoms with Crippen LogP contribution in [-0.2, 0) is 6.42 Å². The Kier molecular flexibility index (Phi) is 33.5. The van der Waals surface area contributed by atoms with E-state index in [4.69, 9.17) is 10.3 Å². The Balaban J connectivity index is -0.000000323. The first-order valence-corrected chi connectivity index (χ1v) is 11.0. The van der Waals surface area contributed by atoms with Gasteiger partial charge in [-0.05, 0) is 50.5 Å². The third-order valence-corrected chi connectivity index (χ3v) is 4.04. The zero-order valence-electron chi connectivity index (χ0n) is 17.1. The summed E-state index contributed by atoms with van der Waals surface area (Å²) in [6, 6.07) is 8.06. The predicted molar refractivity (Wildman–Crippen MR) is 123 cm³/mol. The maximum Gasteiger partial charge on any atom is 0.0314 e. The molecular weight excluding hydrogens is 348 g/mol. The summed E-state index contributed by atoms with van der Waals surface area (Å²) in [5.41, 5.74) is 7.74. The van der Waals surface area contributed by atoms with E-state index in [0.29, 0.717) is 0 Å². The fraction of sp³-hybridized carbons (Fsp3) is 0.700. The maximum atomic E-state index is 6.69. The summed E-state index contributed by atoms with van der Waals surface area (Å²) in [6.45, 7) is 8.44. The lowest BCUT2D eigenvalue weighted by molar-refractivity contribution is 0.627. The van der Waals surface area contributed by atoms with Gasteiger partial charge in [-0.2, -0.15) is 0 Å². The number of benzene rings is 1. The van der Waals surface area contributed by atoms with Gasteiger partial charge < -0.3 is 10.3 Å². The smallest absolute Gasteiger partial charge is 0.0314 e. The molecule has 25 heavy (non-hydrogen) atoms. The molecule has 0 atom stereocenters. The van der Waals surface area contributed by atoms with Crippen LogP contribution in [0.5, 0.6) is 0 Å². The first-order valence-electron chi connectivity index (χ1n) is 9.57. The van der Waals surface area contributed by atoms with Gasteiger partial charge in [0.05, 0.1) is 0 Å². The van der Waals surface area contributed by atoms with Crippen LogP contribution in [0.2, 0.25) is 0 Å². The Labute approximate surface area is 167 Å². The Morgan fingerprint density at radius 1 is 0.920 bits per heavy atom. The van der Waals surface area contributed by atoms with Crippen molar-refractivity contribution in [3.63, 3.8) is 0 Å². The highest BCUT2D eigenvalue weighted by atomic mass is 32.2. The highest BCUT2D eigenvalue weighted by molar-refractivity contribution is 7.97. The number of aryl methyl sites for hydroxylation is 1. The molecule has 1 rings (SSSR count). The van der Waals surface area contributed by atoms with E-state index in [2.05, 4.69) is 43.6 Å². The second-order valence-electron chi connectivity index (χ2n) is 5.31. The number of thiol groups is 1. The van der Waals surface area contributed by atoms with Gasteiger partial charge in [0.15, 0.2) is 0 Å². The molecule has 0 aliphatic heterocycles. The van der Waals surface area contributed by atoms with Crippen molar-refractivity contribution in [2.45, 2.75) is 79.1 Å². The van der Waals surface area contributed by atoms with E-state index in [9.17, 15) is 0 Å². The van der Waals surface area contributed by atoms with Crippen molar-refractivity contribution in [1.29, 1.82) is 0 Å². The number of nitrogen functional groups attached to an aromatic ring is 1. The van der Waals surface area contributed by atoms with Gasteiger partial charge in [-0.3, -0.25) is 4.72 Å². The molecule has 5 heteroatoms. The SMILES string of the molecule is CC.CCCCCCCCSNC.CCCc1ccc(N)cc1.OS. The molecule has 0 saturated heterocycles. The predicted octanol–water partition coefficient (Wildman–Crippen LogP) is 6.85. The van der Waals surface area contributed by atoms with E-state index in [1.165, 1.54) is 56.3 Å². The van der Waals surface area contributed by atoms with Crippen LogP contribution >= 0.6 is 24.9 Å². The second-order valence-corrected chi connectivity index (χ2v) is 6.42. The first kappa shape index (κ1) is 29.4. The lowest BCUT2D eigenvalue weighted by atomic mass is 10.1. The number of nitrogens with two attached hydrogens (primary N) is 1. The fourth-order valence-corrected chi connectivity index (χ4v) is 2.58. The average Bonchev–Trinajstić information content (AvgIpc) is 2.67. The summed E-state index contributed by atoms with van der Waals surface area (Å²) in [5, 5.41) is 0. The van der Waals surface area contributed by atoms with Gasteiger partial charge in [0.25, 0.3) is 0 Å². The van der Waals surface area contributed by atoms with Crippen molar-refractivity contribution in [3.8, 4) is 0 Å². The molecule has 1 aromatic rings. The van der Waals surface area contributed by atoms with Crippen LogP contribution in [0.15, 0.2) is 24.3 Å². The monoisotopic (exact) mass is 390 g/mol. The fourth-order valence-electron chi connectivity index (χ4n) is 2.03. The maximum absolute atomic E-state index is 6.69. The molecule has 1 aromatic carbocycles. The average molecular weight is 391 g/mol. The highest BCUT2D eigenvalue weighted by Gasteiger charge is 1.89. The molecule has 0 radical (unpaired) electrons. The lowest BCUT2D eigenvalue weighted by Crippen LogP contribution is -1.93. The van der Waals surface area contributed by atoms with Gasteiger partial charge in [0.2, 0.25) is 0 Å². The van der Waals surface area contributed by atoms with Gasteiger partial charge in [0.1, 0.15) is 0 Å². The van der Waals surface area contributed by atoms with Crippen molar-refractivity contribution in [2.24, 2.45) is 0 Å². The standard InChI is InChI=1S/C9H21NS.C9H13N.C2H6.H2OS/c1-3-4-5-6-7-8-9-11-10-2;1-2-3-8-4-6-9(10)7-5-8;2*1-2/h10H,3-9H2,1-2H3;4-7H,2-3,10H2,1H3;1-2H3;1-2H. The number of anilines is 1. The molecule has 0 spiro atoms. The minimum atomic E-state index is 0.847. The summed E-state index contributed by atoms with van der Waals surface area (Å²) in [4.78, 5) is 0. The largest absolute Gasteiger partial charge is 0.399 e. The van der Waals surface area contributed by atoms with Gasteiger partial charge in [-0.1, -0.05) is 90.3 Å². The summed E-state index contributed by atoms with van der Waals surface area (Å²) >= 11 is 4.35. The van der Waals surface area contributed by atoms with Crippen LogP contribution in [0.3, 0.4) is 0 Å². The van der Waals surface area contributed by atoms with E-state index in [1.807, 2.05) is 45.0 Å². The highest BCUT2D eigenvalue weighted by Crippen LogP contribution is 2.07. The quantitative estimate of drug-likeness (QED) is 0.116. The third-order valence-electron chi connectivity index (χ3n) is 3.26. The summed E-state index contributed by atoms with van der Waals surface area (Å²) < 4.78 is 9.78. The van der Waals surface area contributed by atoms with E-state index < -0.39 is 0 Å². The minimum absolute atomic E-state index is 0.847. The van der Waals surface area contributed by atoms with Crippen LogP contribution in [-0.4, -0.2) is 17.4 Å². The van der Waals surface area contributed by atoms with Gasteiger partial charge in [-0.25, -0.2) is 0 Å². The van der Waals surface area contributed by atoms with Gasteiger partial charge in [0, 0.05) is 11.4 Å². The molecule has 4 N–H and O–H groups in total. The van der Waals surface area contributed by atoms with Gasteiger partial charge in [-0.15, -0.1) is 0 Å². The first-order chi connectivity index (χ1) is 12.2. The number of hydrogen-bond donors (Lipinski definition) is 4. The molecule has 0 saturated carbocycles. The topological polar surface area (TPSA) is 58.3 Å². The van der Waals surface area contributed by atoms with Gasteiger partial charge >= 0.3 is 0 Å². The molecule has 0 unspecified atom stereocenters. The molecule has 0 bridgehead atoms. The summed E-state index contributed by atoms with van der Waals surface area (Å²) in [5.74, 6) is 1.27. The summed E-state index contributed by atoms with van der Waals surface area (Å²) in [7, 11) is 1.99. The molecular formula is C20H42N2OS2. The van der Waals surface area contributed by atoms with Crippen LogP contribution in [0.1, 0.15) is 78.2 Å². The molecule has 0 aliphatic carbocycles. The van der Waals surface area contributed by atoms with E-state index in [-0.39, 0.29) is 0 Å². The zero-order valence-corrected chi connectivity index (χ0v) is 18.8. The van der Waals surface area contributed by atoms with Crippen molar-refractivity contribution < 1.29 is 4.55 Å². The molecule has 0 aromatic heterocycles. The zero-order chi connectivity index (χ0) is 19.8. The van der Waals surface area contributed by atoms with Crippen molar-refractivity contribution in [1.82, 2.24) is 4.72 Å². The lowest BCUT2D eigenvalue weighted by Gasteiger charge is -1.99. The number of hydrogen-bond acceptors (Lipinski definition) is 5. The number of rotatable bonds is 10. The van der Waals surface area contributed by atoms with Crippen LogP contribution < -0.4 is 10.5 Å². The Morgan fingerprint density at radius 2 is 1.44 bits per heavy atom. The Bertz CT molecular complexity index is 314. The van der Waals surface area contributed by atoms with Crippen molar-refractivity contribution in [3.05, 3.63) is 29.8 Å². The number of unbranched alkanes of at least 4 members (excludes halogenated alkanes) is 5. The van der Waals surface area contributed by atoms with Crippen molar-refractivity contribution >= 4 is 30.5 Å². The van der Waals surface area contributed by atoms with E-state index in [1.54, 1.807) is 0 Å². The Hall–Kier alpha value is -0.360. The molecule has 0 heterocycles. The number of nitrogens with one attached hydrogen (secondary N) is 1. The molecule has 3 nitrogen and oxygen atoms in total. The van der Waals surface area contributed by atoms with E-state index in [0.717, 1.165) is 12.1 Å². The minimum Gasteiger partial charge on any atom is -0.399 e. The van der Waals surface area contributed by atoms with Crippen LogP contribution in [0.25, 0.3) is 0 Å². The molecule has 0 amide bonds. The van der Waals surface area contributed by atoms with E-state index >= 15 is 0 Å². The molecule has 0 fully saturated rings. The van der Waals surface area contributed by atoms with Crippen LogP contribution in [0.4, 0.5) is 5.69 Å². The van der Waals surface area contributed by atoms with Crippen LogP contribution in [0, 0.1) is 0 Å². The Morgan fingerprint density at radius 3 is 1.92 bits per heavy atom. The summed E-state index contributed by atoms with van der Waals surface area (Å²) in [6.07, 6.45) is 10.8. The molecule has 150 valence electrons.